The number of nitrogens with zero attached hydrogens (tertiary/aromatic N) is 1. The van der Waals surface area contributed by atoms with Crippen molar-refractivity contribution in [3.63, 3.8) is 0 Å². The Kier molecular flexibility index (Phi) is 2.41. The summed E-state index contributed by atoms with van der Waals surface area (Å²) < 4.78 is 8.58. The van der Waals surface area contributed by atoms with E-state index >= 15 is 0 Å². The number of aryl methyl sites for hydroxylation is 1. The minimum Gasteiger partial charge on any atom is -0.494 e. The van der Waals surface area contributed by atoms with Crippen molar-refractivity contribution in [1.82, 2.24) is 4.57 Å². The third-order valence-corrected chi connectivity index (χ3v) is 4.37. The average Bonchev–Trinajstić information content (AvgIpc) is 2.92. The van der Waals surface area contributed by atoms with Crippen LogP contribution in [0.3, 0.4) is 0 Å². The fraction of sp³-hybridized carbons (Fsp3) is 0.214. The van der Waals surface area contributed by atoms with Crippen LogP contribution in [0.4, 0.5) is 0 Å². The number of rotatable bonds is 2. The Morgan fingerprint density at radius 1 is 1.33 bits per heavy atom. The Balaban J connectivity index is 2.48. The number of Topliss-reactive ketones (excluding diaryl/α,β-unsaturated/α-hetero) is 1. The molecule has 2 heterocycles. The van der Waals surface area contributed by atoms with E-state index in [4.69, 9.17) is 4.74 Å². The maximum Gasteiger partial charge on any atom is 0.169 e. The Bertz CT molecular complexity index is 767. The van der Waals surface area contributed by atoms with Gasteiger partial charge in [0, 0.05) is 34.8 Å². The number of methoxy groups -OCH3 is 1. The third kappa shape index (κ3) is 1.46. The predicted octanol–water partition coefficient (Wildman–Crippen LogP) is 3.60. The van der Waals surface area contributed by atoms with Gasteiger partial charge in [-0.05, 0) is 19.1 Å². The highest BCUT2D eigenvalue weighted by molar-refractivity contribution is 7.21. The van der Waals surface area contributed by atoms with Crippen LogP contribution in [-0.2, 0) is 7.05 Å². The summed E-state index contributed by atoms with van der Waals surface area (Å²) in [7, 11) is 3.67. The maximum absolute atomic E-state index is 11.5. The predicted molar refractivity (Wildman–Crippen MR) is 74.9 cm³/mol. The van der Waals surface area contributed by atoms with Crippen LogP contribution < -0.4 is 4.74 Å². The van der Waals surface area contributed by atoms with Crippen molar-refractivity contribution in [2.45, 2.75) is 6.92 Å². The number of ketones is 1. The monoisotopic (exact) mass is 259 g/mol. The summed E-state index contributed by atoms with van der Waals surface area (Å²) in [5, 5.41) is 2.26. The van der Waals surface area contributed by atoms with Gasteiger partial charge in [0.1, 0.15) is 5.75 Å². The van der Waals surface area contributed by atoms with Crippen molar-refractivity contribution in [3.05, 3.63) is 29.3 Å². The molecule has 0 N–H and O–H groups in total. The number of aromatic nitrogens is 1. The van der Waals surface area contributed by atoms with Crippen molar-refractivity contribution in [2.24, 2.45) is 7.05 Å². The molecule has 1 aromatic carbocycles. The molecular weight excluding hydrogens is 246 g/mol. The van der Waals surface area contributed by atoms with Crippen molar-refractivity contribution >= 4 is 38.1 Å². The third-order valence-electron chi connectivity index (χ3n) is 3.19. The standard InChI is InChI=1S/C14H13NO2S/c1-8(16)12-6-10-9-4-5-15(2)14(9)11(17-3)7-13(10)18-12/h4-7H,1-3H3. The van der Waals surface area contributed by atoms with Gasteiger partial charge in [-0.3, -0.25) is 4.79 Å². The molecule has 0 radical (unpaired) electrons. The molecule has 0 amide bonds. The number of fused-ring (bicyclic) bond motifs is 3. The highest BCUT2D eigenvalue weighted by Gasteiger charge is 2.14. The molecule has 0 bridgehead atoms. The molecule has 0 saturated carbocycles. The molecule has 2 aromatic heterocycles. The highest BCUT2D eigenvalue weighted by Crippen LogP contribution is 2.38. The Labute approximate surface area is 109 Å². The lowest BCUT2D eigenvalue weighted by molar-refractivity contribution is 0.102. The number of ether oxygens (including phenoxy) is 1. The normalized spacial score (nSPS) is 11.3. The zero-order chi connectivity index (χ0) is 12.9. The van der Waals surface area contributed by atoms with Crippen LogP contribution in [0.2, 0.25) is 0 Å². The van der Waals surface area contributed by atoms with E-state index in [0.29, 0.717) is 0 Å². The second-order valence-electron chi connectivity index (χ2n) is 4.35. The summed E-state index contributed by atoms with van der Waals surface area (Å²) in [5.41, 5.74) is 1.07. The van der Waals surface area contributed by atoms with E-state index in [1.807, 2.05) is 29.9 Å². The molecule has 0 aliphatic heterocycles. The van der Waals surface area contributed by atoms with Gasteiger partial charge in [0.05, 0.1) is 17.5 Å². The molecule has 0 atom stereocenters. The Morgan fingerprint density at radius 2 is 2.11 bits per heavy atom. The lowest BCUT2D eigenvalue weighted by Gasteiger charge is -2.05. The van der Waals surface area contributed by atoms with Gasteiger partial charge in [0.25, 0.3) is 0 Å². The summed E-state index contributed by atoms with van der Waals surface area (Å²) >= 11 is 1.52. The minimum absolute atomic E-state index is 0.110. The van der Waals surface area contributed by atoms with E-state index in [9.17, 15) is 4.79 Å². The molecule has 0 unspecified atom stereocenters. The molecule has 0 aliphatic carbocycles. The van der Waals surface area contributed by atoms with Gasteiger partial charge in [-0.15, -0.1) is 11.3 Å². The molecule has 0 saturated heterocycles. The van der Waals surface area contributed by atoms with Crippen molar-refractivity contribution in [2.75, 3.05) is 7.11 Å². The first kappa shape index (κ1) is 11.3. The van der Waals surface area contributed by atoms with E-state index in [-0.39, 0.29) is 5.78 Å². The first-order chi connectivity index (χ1) is 8.61. The van der Waals surface area contributed by atoms with Crippen LogP contribution in [0.15, 0.2) is 24.4 Å². The molecule has 3 aromatic rings. The molecule has 0 aliphatic rings. The van der Waals surface area contributed by atoms with Gasteiger partial charge in [0.2, 0.25) is 0 Å². The number of carbonyl (C=O) groups is 1. The number of carbonyl (C=O) groups excluding carboxylic acids is 1. The molecule has 4 heteroatoms. The number of hydrogen-bond donors (Lipinski definition) is 0. The van der Waals surface area contributed by atoms with E-state index < -0.39 is 0 Å². The van der Waals surface area contributed by atoms with Gasteiger partial charge in [-0.2, -0.15) is 0 Å². The van der Waals surface area contributed by atoms with Gasteiger partial charge < -0.3 is 9.30 Å². The Hall–Kier alpha value is -1.81. The second kappa shape index (κ2) is 3.85. The molecule has 3 nitrogen and oxygen atoms in total. The van der Waals surface area contributed by atoms with E-state index in [1.165, 1.54) is 11.3 Å². The average molecular weight is 259 g/mol. The van der Waals surface area contributed by atoms with Gasteiger partial charge in [0.15, 0.2) is 5.78 Å². The van der Waals surface area contributed by atoms with E-state index in [2.05, 4.69) is 6.07 Å². The summed E-state index contributed by atoms with van der Waals surface area (Å²) in [4.78, 5) is 12.3. The zero-order valence-corrected chi connectivity index (χ0v) is 11.3. The zero-order valence-electron chi connectivity index (χ0n) is 10.5. The molecule has 0 spiro atoms. The molecule has 18 heavy (non-hydrogen) atoms. The van der Waals surface area contributed by atoms with Crippen LogP contribution in [0, 0.1) is 0 Å². The SMILES string of the molecule is COc1cc2sc(C(C)=O)cc2c2ccn(C)c12. The fourth-order valence-corrected chi connectivity index (χ4v) is 3.30. The number of thiophene rings is 1. The van der Waals surface area contributed by atoms with Crippen LogP contribution >= 0.6 is 11.3 Å². The molecule has 0 fully saturated rings. The summed E-state index contributed by atoms with van der Waals surface area (Å²) in [5.74, 6) is 0.959. The van der Waals surface area contributed by atoms with Gasteiger partial charge >= 0.3 is 0 Å². The largest absolute Gasteiger partial charge is 0.494 e. The first-order valence-electron chi connectivity index (χ1n) is 5.68. The van der Waals surface area contributed by atoms with Crippen molar-refractivity contribution in [3.8, 4) is 5.75 Å². The van der Waals surface area contributed by atoms with E-state index in [1.54, 1.807) is 14.0 Å². The topological polar surface area (TPSA) is 31.2 Å². The fourth-order valence-electron chi connectivity index (χ4n) is 2.29. The summed E-state index contributed by atoms with van der Waals surface area (Å²) in [6.45, 7) is 1.60. The minimum atomic E-state index is 0.110. The molecular formula is C14H13NO2S. The molecule has 92 valence electrons. The first-order valence-corrected chi connectivity index (χ1v) is 6.50. The lowest BCUT2D eigenvalue weighted by atomic mass is 10.1. The highest BCUT2D eigenvalue weighted by atomic mass is 32.1. The second-order valence-corrected chi connectivity index (χ2v) is 5.43. The van der Waals surface area contributed by atoms with Crippen LogP contribution in [-0.4, -0.2) is 17.5 Å². The van der Waals surface area contributed by atoms with E-state index in [0.717, 1.165) is 31.6 Å². The molecule has 3 rings (SSSR count). The van der Waals surface area contributed by atoms with Crippen molar-refractivity contribution < 1.29 is 9.53 Å². The lowest BCUT2D eigenvalue weighted by Crippen LogP contribution is -1.90. The summed E-state index contributed by atoms with van der Waals surface area (Å²) in [6.07, 6.45) is 2.01. The van der Waals surface area contributed by atoms with Crippen molar-refractivity contribution in [1.29, 1.82) is 0 Å². The number of benzene rings is 1. The van der Waals surface area contributed by atoms with Gasteiger partial charge in [-0.1, -0.05) is 0 Å². The van der Waals surface area contributed by atoms with Crippen LogP contribution in [0.25, 0.3) is 21.0 Å². The van der Waals surface area contributed by atoms with Crippen LogP contribution in [0.1, 0.15) is 16.6 Å². The van der Waals surface area contributed by atoms with Gasteiger partial charge in [-0.25, -0.2) is 0 Å². The number of hydrogen-bond acceptors (Lipinski definition) is 3. The maximum atomic E-state index is 11.5. The van der Waals surface area contributed by atoms with Crippen LogP contribution in [0.5, 0.6) is 5.75 Å². The summed E-state index contributed by atoms with van der Waals surface area (Å²) in [6, 6.07) is 6.05. The Morgan fingerprint density at radius 3 is 2.78 bits per heavy atom. The smallest absolute Gasteiger partial charge is 0.169 e. The quantitative estimate of drug-likeness (QED) is 0.658.